The van der Waals surface area contributed by atoms with Crippen LogP contribution in [0.25, 0.3) is 0 Å². The number of hydrogen-bond acceptors (Lipinski definition) is 10. The van der Waals surface area contributed by atoms with E-state index in [0.29, 0.717) is 6.42 Å². The summed E-state index contributed by atoms with van der Waals surface area (Å²) in [5, 5.41) is 60.6. The van der Waals surface area contributed by atoms with Crippen molar-refractivity contribution in [1.82, 2.24) is 0 Å². The van der Waals surface area contributed by atoms with Crippen molar-refractivity contribution in [2.45, 2.75) is 73.8 Å². The molecule has 10 nitrogen and oxygen atoms in total. The van der Waals surface area contributed by atoms with Gasteiger partial charge in [-0.1, -0.05) is 0 Å². The zero-order valence-corrected chi connectivity index (χ0v) is 14.2. The molecule has 0 aromatic heterocycles. The van der Waals surface area contributed by atoms with Crippen LogP contribution in [0.15, 0.2) is 0 Å². The summed E-state index contributed by atoms with van der Waals surface area (Å²) in [6.07, 6.45) is -7.43. The van der Waals surface area contributed by atoms with Gasteiger partial charge in [0.15, 0.2) is 18.4 Å². The molecule has 10 heteroatoms. The summed E-state index contributed by atoms with van der Waals surface area (Å²) in [5.41, 5.74) is -3.09. The lowest BCUT2D eigenvalue weighted by Crippen LogP contribution is -2.80. The molecular formula is C16H24O10. The Morgan fingerprint density at radius 3 is 2.46 bits per heavy atom. The summed E-state index contributed by atoms with van der Waals surface area (Å²) >= 11 is 0. The number of aliphatic hydroxyl groups is 6. The largest absolute Gasteiger partial charge is 0.395 e. The van der Waals surface area contributed by atoms with E-state index in [1.807, 2.05) is 0 Å². The minimum absolute atomic E-state index is 0.139. The molecular weight excluding hydrogens is 352 g/mol. The van der Waals surface area contributed by atoms with Crippen molar-refractivity contribution >= 4 is 0 Å². The molecule has 7 rings (SSSR count). The number of hydrogen-bond donors (Lipinski definition) is 6. The van der Waals surface area contributed by atoms with Gasteiger partial charge in [-0.15, -0.1) is 0 Å². The Hall–Kier alpha value is -0.400. The smallest absolute Gasteiger partial charge is 0.187 e. The van der Waals surface area contributed by atoms with Crippen LogP contribution in [0.2, 0.25) is 0 Å². The van der Waals surface area contributed by atoms with Crippen LogP contribution in [0.3, 0.4) is 0 Å². The highest BCUT2D eigenvalue weighted by molar-refractivity contribution is 5.37. The number of aliphatic hydroxyl groups excluding tert-OH is 5. The summed E-state index contributed by atoms with van der Waals surface area (Å²) in [4.78, 5) is 0. The molecule has 3 aliphatic carbocycles. The standard InChI is InChI=1S/C16H24O10/c1-13-4-15(22)7-2-16(13,14(7,5-18)12(25-13)26-15)24-11-10(21)9(20)8(19)6(3-17)23-11/h6-12,17-22H,2-5H2,1H3/t6-,7+,8-,9+,10-,11+,12+,13-,14-,15-,16-/m1/s1. The van der Waals surface area contributed by atoms with Gasteiger partial charge in [-0.25, -0.2) is 0 Å². The second-order valence-electron chi connectivity index (χ2n) is 8.42. The second-order valence-corrected chi connectivity index (χ2v) is 8.42. The van der Waals surface area contributed by atoms with Crippen molar-refractivity contribution in [3.8, 4) is 0 Å². The fourth-order valence-electron chi connectivity index (χ4n) is 6.06. The SMILES string of the molecule is C[C@]12C[C@@]3(O)O[C@H](O1)[C@@]1(CO)[C@@H]3C[C@]12O[C@@H]1O[C@H](CO)[C@@H](O)[C@H](O)[C@H]1O. The van der Waals surface area contributed by atoms with Gasteiger partial charge in [-0.2, -0.15) is 0 Å². The molecule has 26 heavy (non-hydrogen) atoms. The Labute approximate surface area is 148 Å². The molecule has 0 amide bonds. The molecule has 0 spiro atoms. The van der Waals surface area contributed by atoms with Gasteiger partial charge in [0, 0.05) is 12.3 Å². The Morgan fingerprint density at radius 1 is 1.08 bits per heavy atom. The molecule has 4 heterocycles. The zero-order chi connectivity index (χ0) is 18.7. The third kappa shape index (κ3) is 1.61. The molecule has 11 atom stereocenters. The van der Waals surface area contributed by atoms with Gasteiger partial charge in [-0.3, -0.25) is 0 Å². The van der Waals surface area contributed by atoms with Crippen LogP contribution in [0.1, 0.15) is 19.8 Å². The first-order chi connectivity index (χ1) is 12.2. The fraction of sp³-hybridized carbons (Fsp3) is 1.00. The van der Waals surface area contributed by atoms with Crippen LogP contribution < -0.4 is 0 Å². The van der Waals surface area contributed by atoms with Crippen molar-refractivity contribution in [1.29, 1.82) is 0 Å². The highest BCUT2D eigenvalue weighted by Gasteiger charge is 2.94. The molecule has 0 radical (unpaired) electrons. The van der Waals surface area contributed by atoms with Gasteiger partial charge in [0.2, 0.25) is 0 Å². The second kappa shape index (κ2) is 4.95. The number of ether oxygens (including phenoxy) is 4. The van der Waals surface area contributed by atoms with Crippen LogP contribution >= 0.6 is 0 Å². The lowest BCUT2D eigenvalue weighted by Gasteiger charge is -2.67. The van der Waals surface area contributed by atoms with Gasteiger partial charge in [-0.05, 0) is 13.3 Å². The highest BCUT2D eigenvalue weighted by Crippen LogP contribution is 2.81. The van der Waals surface area contributed by atoms with Gasteiger partial charge in [0.1, 0.15) is 35.6 Å². The van der Waals surface area contributed by atoms with Gasteiger partial charge >= 0.3 is 0 Å². The predicted molar refractivity (Wildman–Crippen MR) is 79.1 cm³/mol. The fourth-order valence-corrected chi connectivity index (χ4v) is 6.06. The maximum absolute atomic E-state index is 10.8. The molecule has 0 aromatic rings. The first-order valence-corrected chi connectivity index (χ1v) is 8.85. The monoisotopic (exact) mass is 376 g/mol. The summed E-state index contributed by atoms with van der Waals surface area (Å²) in [7, 11) is 0. The topological polar surface area (TPSA) is 158 Å². The van der Waals surface area contributed by atoms with Gasteiger partial charge in [0.25, 0.3) is 0 Å². The lowest BCUT2D eigenvalue weighted by atomic mass is 9.41. The first-order valence-electron chi connectivity index (χ1n) is 8.85. The average Bonchev–Trinajstić information content (AvgIpc) is 2.77. The third-order valence-corrected chi connectivity index (χ3v) is 7.38. The normalized spacial score (nSPS) is 65.4. The van der Waals surface area contributed by atoms with E-state index >= 15 is 0 Å². The minimum Gasteiger partial charge on any atom is -0.395 e. The Balaban J connectivity index is 1.50. The van der Waals surface area contributed by atoms with Crippen LogP contribution in [0.5, 0.6) is 0 Å². The molecule has 0 unspecified atom stereocenters. The van der Waals surface area contributed by atoms with Crippen molar-refractivity contribution in [2.24, 2.45) is 11.3 Å². The Kier molecular flexibility index (Phi) is 3.37. The number of rotatable bonds is 4. The van der Waals surface area contributed by atoms with Gasteiger partial charge < -0.3 is 49.6 Å². The first kappa shape index (κ1) is 17.7. The Bertz CT molecular complexity index is 630. The van der Waals surface area contributed by atoms with Crippen LogP contribution in [-0.2, 0) is 18.9 Å². The molecule has 0 aromatic carbocycles. The molecule has 6 bridgehead atoms. The van der Waals surface area contributed by atoms with E-state index in [1.54, 1.807) is 6.92 Å². The van der Waals surface area contributed by atoms with E-state index in [-0.39, 0.29) is 18.9 Å². The summed E-state index contributed by atoms with van der Waals surface area (Å²) in [5.74, 6) is -1.77. The van der Waals surface area contributed by atoms with Crippen molar-refractivity contribution < 1.29 is 49.6 Å². The van der Waals surface area contributed by atoms with E-state index in [1.165, 1.54) is 0 Å². The molecule has 6 N–H and O–H groups in total. The minimum atomic E-state index is -1.56. The van der Waals surface area contributed by atoms with E-state index in [2.05, 4.69) is 0 Å². The van der Waals surface area contributed by atoms with Crippen molar-refractivity contribution in [3.63, 3.8) is 0 Å². The van der Waals surface area contributed by atoms with Crippen molar-refractivity contribution in [3.05, 3.63) is 0 Å². The Morgan fingerprint density at radius 2 is 1.81 bits per heavy atom. The molecule has 148 valence electrons. The van der Waals surface area contributed by atoms with E-state index < -0.39 is 66.0 Å². The van der Waals surface area contributed by atoms with Crippen LogP contribution in [0.4, 0.5) is 0 Å². The lowest BCUT2D eigenvalue weighted by molar-refractivity contribution is -0.424. The van der Waals surface area contributed by atoms with E-state index in [4.69, 9.17) is 18.9 Å². The average molecular weight is 376 g/mol. The third-order valence-electron chi connectivity index (χ3n) is 7.38. The van der Waals surface area contributed by atoms with Crippen LogP contribution in [0, 0.1) is 11.3 Å². The molecule has 4 aliphatic heterocycles. The molecule has 4 saturated heterocycles. The summed E-state index contributed by atoms with van der Waals surface area (Å²) in [6.45, 7) is 0.840. The van der Waals surface area contributed by atoms with E-state index in [9.17, 15) is 30.6 Å². The molecule has 7 fully saturated rings. The highest BCUT2D eigenvalue weighted by atomic mass is 16.8. The summed E-state index contributed by atoms with van der Waals surface area (Å²) < 4.78 is 23.2. The maximum atomic E-state index is 10.8. The maximum Gasteiger partial charge on any atom is 0.187 e. The van der Waals surface area contributed by atoms with Crippen molar-refractivity contribution in [2.75, 3.05) is 13.2 Å². The van der Waals surface area contributed by atoms with Gasteiger partial charge in [0.05, 0.1) is 18.6 Å². The van der Waals surface area contributed by atoms with E-state index in [0.717, 1.165) is 0 Å². The molecule has 7 aliphatic rings. The summed E-state index contributed by atoms with van der Waals surface area (Å²) in [6, 6.07) is 0. The quantitative estimate of drug-likeness (QED) is 0.295. The molecule has 3 saturated carbocycles. The zero-order valence-electron chi connectivity index (χ0n) is 14.2. The van der Waals surface area contributed by atoms with Crippen LogP contribution in [-0.4, -0.2) is 97.8 Å². The predicted octanol–water partition coefficient (Wildman–Crippen LogP) is -3.22.